The highest BCUT2D eigenvalue weighted by Gasteiger charge is 2.00. The molecule has 0 aliphatic rings. The second-order valence-corrected chi connectivity index (χ2v) is 5.97. The Labute approximate surface area is 165 Å². The summed E-state index contributed by atoms with van der Waals surface area (Å²) in [6, 6.07) is 33.9. The maximum Gasteiger partial charge on any atom is 0.127 e. The van der Waals surface area contributed by atoms with Crippen molar-refractivity contribution in [2.75, 3.05) is 11.5 Å². The third-order valence-electron chi connectivity index (χ3n) is 3.72. The second-order valence-electron chi connectivity index (χ2n) is 5.97. The molecular formula is C24H22N2O2. The van der Waals surface area contributed by atoms with Gasteiger partial charge >= 0.3 is 0 Å². The molecule has 0 spiro atoms. The highest BCUT2D eigenvalue weighted by atomic mass is 16.5. The largest absolute Gasteiger partial charge is 0.457 e. The topological polar surface area (TPSA) is 70.5 Å². The van der Waals surface area contributed by atoms with Crippen molar-refractivity contribution in [3.05, 3.63) is 109 Å². The summed E-state index contributed by atoms with van der Waals surface area (Å²) >= 11 is 0. The summed E-state index contributed by atoms with van der Waals surface area (Å²) in [5.74, 6) is 2.94. The first-order valence-electron chi connectivity index (χ1n) is 8.86. The molecule has 0 aromatic heterocycles. The lowest BCUT2D eigenvalue weighted by Crippen LogP contribution is -1.88. The van der Waals surface area contributed by atoms with Crippen molar-refractivity contribution in [2.24, 2.45) is 0 Å². The Hall–Kier alpha value is -3.92. The number of nitrogen functional groups attached to an aromatic ring is 2. The molecule has 140 valence electrons. The molecule has 0 saturated heterocycles. The lowest BCUT2D eigenvalue weighted by molar-refractivity contribution is 0.469. The molecule has 28 heavy (non-hydrogen) atoms. The first kappa shape index (κ1) is 18.9. The van der Waals surface area contributed by atoms with E-state index in [-0.39, 0.29) is 0 Å². The van der Waals surface area contributed by atoms with Crippen molar-refractivity contribution in [3.63, 3.8) is 0 Å². The first-order valence-corrected chi connectivity index (χ1v) is 8.86. The van der Waals surface area contributed by atoms with Crippen molar-refractivity contribution in [2.45, 2.75) is 0 Å². The molecule has 4 nitrogen and oxygen atoms in total. The van der Waals surface area contributed by atoms with Gasteiger partial charge < -0.3 is 20.9 Å². The summed E-state index contributed by atoms with van der Waals surface area (Å²) < 4.78 is 11.5. The van der Waals surface area contributed by atoms with Crippen molar-refractivity contribution in [3.8, 4) is 23.0 Å². The van der Waals surface area contributed by atoms with E-state index in [1.165, 1.54) is 0 Å². The highest BCUT2D eigenvalue weighted by Crippen LogP contribution is 2.27. The molecule has 4 rings (SSSR count). The van der Waals surface area contributed by atoms with Crippen molar-refractivity contribution in [1.82, 2.24) is 0 Å². The summed E-state index contributed by atoms with van der Waals surface area (Å²) in [4.78, 5) is 0. The smallest absolute Gasteiger partial charge is 0.127 e. The maximum atomic E-state index is 5.73. The molecule has 0 amide bonds. The summed E-state index contributed by atoms with van der Waals surface area (Å²) in [7, 11) is 0. The van der Waals surface area contributed by atoms with Gasteiger partial charge in [0, 0.05) is 11.4 Å². The summed E-state index contributed by atoms with van der Waals surface area (Å²) in [6.07, 6.45) is 0. The Morgan fingerprint density at radius 1 is 0.357 bits per heavy atom. The summed E-state index contributed by atoms with van der Waals surface area (Å²) in [6.45, 7) is 0. The van der Waals surface area contributed by atoms with Crippen LogP contribution in [-0.2, 0) is 0 Å². The van der Waals surface area contributed by atoms with Gasteiger partial charge in [0.1, 0.15) is 23.0 Å². The zero-order chi connectivity index (χ0) is 19.6. The summed E-state index contributed by atoms with van der Waals surface area (Å²) in [5.41, 5.74) is 12.7. The van der Waals surface area contributed by atoms with Gasteiger partial charge in [0.25, 0.3) is 0 Å². The third kappa shape index (κ3) is 6.11. The van der Waals surface area contributed by atoms with E-state index >= 15 is 0 Å². The van der Waals surface area contributed by atoms with Gasteiger partial charge in [-0.2, -0.15) is 0 Å². The van der Waals surface area contributed by atoms with Crippen molar-refractivity contribution >= 4 is 11.4 Å². The van der Waals surface area contributed by atoms with Crippen LogP contribution in [0, 0.1) is 0 Å². The zero-order valence-electron chi connectivity index (χ0n) is 15.4. The maximum absolute atomic E-state index is 5.73. The van der Waals surface area contributed by atoms with Crippen LogP contribution in [-0.4, -0.2) is 0 Å². The van der Waals surface area contributed by atoms with Gasteiger partial charge in [0.05, 0.1) is 0 Å². The molecule has 0 heterocycles. The number of anilines is 2. The fraction of sp³-hybridized carbons (Fsp3) is 0. The predicted octanol–water partition coefficient (Wildman–Crippen LogP) is 6.12. The number of rotatable bonds is 4. The van der Waals surface area contributed by atoms with E-state index in [9.17, 15) is 0 Å². The van der Waals surface area contributed by atoms with Gasteiger partial charge in [0.15, 0.2) is 0 Å². The Morgan fingerprint density at radius 3 is 0.821 bits per heavy atom. The minimum Gasteiger partial charge on any atom is -0.457 e. The van der Waals surface area contributed by atoms with Crippen LogP contribution in [0.2, 0.25) is 0 Å². The molecular weight excluding hydrogens is 348 g/mol. The second kappa shape index (κ2) is 9.69. The van der Waals surface area contributed by atoms with E-state index in [1.807, 2.05) is 84.9 Å². The Bertz CT molecular complexity index is 859. The van der Waals surface area contributed by atoms with Crippen LogP contribution in [0.25, 0.3) is 0 Å². The Kier molecular flexibility index (Phi) is 6.53. The number of hydrogen-bond donors (Lipinski definition) is 2. The Morgan fingerprint density at radius 2 is 0.571 bits per heavy atom. The van der Waals surface area contributed by atoms with Gasteiger partial charge in [-0.25, -0.2) is 0 Å². The lowest BCUT2D eigenvalue weighted by Gasteiger charge is -2.08. The lowest BCUT2D eigenvalue weighted by atomic mass is 10.3. The van der Waals surface area contributed by atoms with E-state index in [0.29, 0.717) is 11.4 Å². The highest BCUT2D eigenvalue weighted by molar-refractivity contribution is 5.45. The standard InChI is InChI=1S/C18H16N2O2.C6H6/c19-13-1-5-15(6-2-13)21-17-9-11-18(12-10-17)22-16-7-3-14(20)4-8-16;1-2-4-6-5-3-1/h1-12H,19-20H2;1-6H. The van der Waals surface area contributed by atoms with Crippen LogP contribution in [0.1, 0.15) is 0 Å². The van der Waals surface area contributed by atoms with Crippen LogP contribution in [0.15, 0.2) is 109 Å². The average Bonchev–Trinajstić information content (AvgIpc) is 2.75. The molecule has 4 N–H and O–H groups in total. The monoisotopic (exact) mass is 370 g/mol. The van der Waals surface area contributed by atoms with Crippen LogP contribution < -0.4 is 20.9 Å². The molecule has 0 aliphatic carbocycles. The summed E-state index contributed by atoms with van der Waals surface area (Å²) in [5, 5.41) is 0. The first-order chi connectivity index (χ1) is 13.7. The molecule has 4 heteroatoms. The molecule has 0 unspecified atom stereocenters. The fourth-order valence-electron chi connectivity index (χ4n) is 2.30. The Balaban J connectivity index is 0.000000320. The number of nitrogens with two attached hydrogens (primary N) is 2. The number of benzene rings is 4. The quantitative estimate of drug-likeness (QED) is 0.424. The van der Waals surface area contributed by atoms with Gasteiger partial charge in [-0.1, -0.05) is 36.4 Å². The fourth-order valence-corrected chi connectivity index (χ4v) is 2.30. The van der Waals surface area contributed by atoms with Crippen LogP contribution in [0.4, 0.5) is 11.4 Å². The number of hydrogen-bond acceptors (Lipinski definition) is 4. The van der Waals surface area contributed by atoms with E-state index in [1.54, 1.807) is 24.3 Å². The molecule has 0 atom stereocenters. The van der Waals surface area contributed by atoms with Gasteiger partial charge in [0.2, 0.25) is 0 Å². The van der Waals surface area contributed by atoms with Crippen LogP contribution >= 0.6 is 0 Å². The molecule has 0 bridgehead atoms. The van der Waals surface area contributed by atoms with Crippen molar-refractivity contribution < 1.29 is 9.47 Å². The molecule has 0 saturated carbocycles. The van der Waals surface area contributed by atoms with Gasteiger partial charge in [-0.15, -0.1) is 0 Å². The van der Waals surface area contributed by atoms with Crippen LogP contribution in [0.3, 0.4) is 0 Å². The van der Waals surface area contributed by atoms with Gasteiger partial charge in [-0.3, -0.25) is 0 Å². The third-order valence-corrected chi connectivity index (χ3v) is 3.72. The minimum absolute atomic E-state index is 0.708. The SMILES string of the molecule is Nc1ccc(Oc2ccc(Oc3ccc(N)cc3)cc2)cc1.c1ccccc1. The average molecular weight is 370 g/mol. The molecule has 4 aromatic carbocycles. The predicted molar refractivity (Wildman–Crippen MR) is 115 cm³/mol. The van der Waals surface area contributed by atoms with Crippen LogP contribution in [0.5, 0.6) is 23.0 Å². The van der Waals surface area contributed by atoms with E-state index in [4.69, 9.17) is 20.9 Å². The minimum atomic E-state index is 0.708. The molecule has 4 aromatic rings. The molecule has 0 fully saturated rings. The molecule has 0 aliphatic heterocycles. The van der Waals surface area contributed by atoms with E-state index < -0.39 is 0 Å². The van der Waals surface area contributed by atoms with E-state index in [0.717, 1.165) is 23.0 Å². The van der Waals surface area contributed by atoms with Gasteiger partial charge in [-0.05, 0) is 72.8 Å². The zero-order valence-corrected chi connectivity index (χ0v) is 15.4. The molecule has 0 radical (unpaired) electrons. The number of ether oxygens (including phenoxy) is 2. The van der Waals surface area contributed by atoms with E-state index in [2.05, 4.69) is 0 Å². The van der Waals surface area contributed by atoms with Crippen molar-refractivity contribution in [1.29, 1.82) is 0 Å². The normalized spacial score (nSPS) is 9.71.